The molecule has 0 bridgehead atoms. The van der Waals surface area contributed by atoms with Crippen LogP contribution in [-0.4, -0.2) is 5.78 Å². The van der Waals surface area contributed by atoms with E-state index in [0.29, 0.717) is 6.42 Å². The van der Waals surface area contributed by atoms with E-state index in [9.17, 15) is 9.18 Å². The second-order valence-electron chi connectivity index (χ2n) is 4.47. The summed E-state index contributed by atoms with van der Waals surface area (Å²) in [7, 11) is 0. The van der Waals surface area contributed by atoms with Crippen LogP contribution >= 0.6 is 11.6 Å². The summed E-state index contributed by atoms with van der Waals surface area (Å²) in [6, 6.07) is 6.04. The number of hydrogen-bond donors (Lipinski definition) is 0. The second kappa shape index (κ2) is 7.91. The van der Waals surface area contributed by atoms with Crippen molar-refractivity contribution in [3.8, 4) is 6.07 Å². The Balaban J connectivity index is 2.78. The molecule has 4 heteroatoms. The fourth-order valence-electron chi connectivity index (χ4n) is 1.95. The third-order valence-electron chi connectivity index (χ3n) is 3.02. The van der Waals surface area contributed by atoms with Crippen LogP contribution in [0.15, 0.2) is 18.2 Å². The average molecular weight is 282 g/mol. The first-order chi connectivity index (χ1) is 9.11. The highest BCUT2D eigenvalue weighted by Gasteiger charge is 2.25. The molecule has 0 aliphatic carbocycles. The van der Waals surface area contributed by atoms with Gasteiger partial charge in [-0.05, 0) is 18.6 Å². The van der Waals surface area contributed by atoms with Gasteiger partial charge in [-0.3, -0.25) is 4.79 Å². The summed E-state index contributed by atoms with van der Waals surface area (Å²) < 4.78 is 13.7. The number of rotatable bonds is 7. The van der Waals surface area contributed by atoms with Crippen LogP contribution in [-0.2, 0) is 4.79 Å². The molecule has 0 saturated heterocycles. The van der Waals surface area contributed by atoms with Crippen molar-refractivity contribution in [2.75, 3.05) is 0 Å². The molecule has 0 radical (unpaired) electrons. The van der Waals surface area contributed by atoms with E-state index in [1.165, 1.54) is 18.2 Å². The molecule has 0 spiro atoms. The number of benzene rings is 1. The van der Waals surface area contributed by atoms with Crippen LogP contribution in [0.3, 0.4) is 0 Å². The SMILES string of the molecule is CCCCCCC(=O)C(C#N)c1c(F)cccc1Cl. The van der Waals surface area contributed by atoms with Crippen molar-refractivity contribution in [2.45, 2.75) is 44.9 Å². The van der Waals surface area contributed by atoms with E-state index < -0.39 is 11.7 Å². The number of ketones is 1. The van der Waals surface area contributed by atoms with Gasteiger partial charge < -0.3 is 0 Å². The van der Waals surface area contributed by atoms with E-state index in [2.05, 4.69) is 6.92 Å². The van der Waals surface area contributed by atoms with Gasteiger partial charge in [-0.1, -0.05) is 43.9 Å². The second-order valence-corrected chi connectivity index (χ2v) is 4.88. The zero-order valence-corrected chi connectivity index (χ0v) is 11.7. The van der Waals surface area contributed by atoms with Gasteiger partial charge in [0.15, 0.2) is 5.78 Å². The van der Waals surface area contributed by atoms with Gasteiger partial charge in [0, 0.05) is 17.0 Å². The van der Waals surface area contributed by atoms with Crippen molar-refractivity contribution in [3.63, 3.8) is 0 Å². The first kappa shape index (κ1) is 15.7. The lowest BCUT2D eigenvalue weighted by molar-refractivity contribution is -0.119. The molecule has 1 aromatic carbocycles. The van der Waals surface area contributed by atoms with Gasteiger partial charge in [0.1, 0.15) is 11.7 Å². The van der Waals surface area contributed by atoms with Crippen molar-refractivity contribution < 1.29 is 9.18 Å². The Bertz CT molecular complexity index is 461. The number of Topliss-reactive ketones (excluding diaryl/α,β-unsaturated/α-hetero) is 1. The largest absolute Gasteiger partial charge is 0.298 e. The number of carbonyl (C=O) groups is 1. The first-order valence-electron chi connectivity index (χ1n) is 6.48. The fraction of sp³-hybridized carbons (Fsp3) is 0.467. The molecule has 102 valence electrons. The van der Waals surface area contributed by atoms with E-state index in [4.69, 9.17) is 16.9 Å². The monoisotopic (exact) mass is 281 g/mol. The summed E-state index contributed by atoms with van der Waals surface area (Å²) in [4.78, 5) is 12.0. The summed E-state index contributed by atoms with van der Waals surface area (Å²) in [5.74, 6) is -1.96. The van der Waals surface area contributed by atoms with E-state index in [0.717, 1.165) is 25.7 Å². The van der Waals surface area contributed by atoms with Crippen molar-refractivity contribution in [1.29, 1.82) is 5.26 Å². The van der Waals surface area contributed by atoms with Gasteiger partial charge in [-0.15, -0.1) is 0 Å². The molecule has 2 nitrogen and oxygen atoms in total. The Hall–Kier alpha value is -1.40. The van der Waals surface area contributed by atoms with E-state index in [-0.39, 0.29) is 16.4 Å². The van der Waals surface area contributed by atoms with Gasteiger partial charge in [0.2, 0.25) is 0 Å². The van der Waals surface area contributed by atoms with Crippen LogP contribution in [0.5, 0.6) is 0 Å². The normalized spacial score (nSPS) is 11.9. The number of nitrogens with zero attached hydrogens (tertiary/aromatic N) is 1. The predicted octanol–water partition coefficient (Wildman–Crippen LogP) is 4.63. The Labute approximate surface area is 118 Å². The minimum Gasteiger partial charge on any atom is -0.298 e. The predicted molar refractivity (Wildman–Crippen MR) is 73.5 cm³/mol. The summed E-state index contributed by atoms with van der Waals surface area (Å²) in [6.45, 7) is 2.08. The van der Waals surface area contributed by atoms with Gasteiger partial charge >= 0.3 is 0 Å². The van der Waals surface area contributed by atoms with E-state index in [1.54, 1.807) is 0 Å². The van der Waals surface area contributed by atoms with Crippen LogP contribution in [0, 0.1) is 17.1 Å². The van der Waals surface area contributed by atoms with Gasteiger partial charge in [-0.25, -0.2) is 4.39 Å². The number of unbranched alkanes of at least 4 members (excludes halogenated alkanes) is 3. The van der Waals surface area contributed by atoms with Crippen LogP contribution in [0.25, 0.3) is 0 Å². The number of hydrogen-bond acceptors (Lipinski definition) is 2. The molecule has 1 aromatic rings. The maximum atomic E-state index is 13.7. The lowest BCUT2D eigenvalue weighted by Gasteiger charge is -2.11. The highest BCUT2D eigenvalue weighted by Crippen LogP contribution is 2.29. The Morgan fingerprint density at radius 2 is 2.16 bits per heavy atom. The van der Waals surface area contributed by atoms with E-state index >= 15 is 0 Å². The van der Waals surface area contributed by atoms with Crippen LogP contribution in [0.4, 0.5) is 4.39 Å². The number of nitriles is 1. The Kier molecular flexibility index (Phi) is 6.52. The molecule has 0 aromatic heterocycles. The Morgan fingerprint density at radius 3 is 2.74 bits per heavy atom. The lowest BCUT2D eigenvalue weighted by atomic mass is 9.92. The lowest BCUT2D eigenvalue weighted by Crippen LogP contribution is -2.13. The van der Waals surface area contributed by atoms with Crippen molar-refractivity contribution in [3.05, 3.63) is 34.6 Å². The highest BCUT2D eigenvalue weighted by atomic mass is 35.5. The molecule has 0 amide bonds. The molecule has 0 aliphatic heterocycles. The quantitative estimate of drug-likeness (QED) is 0.684. The van der Waals surface area contributed by atoms with E-state index in [1.807, 2.05) is 6.07 Å². The molecule has 0 fully saturated rings. The minimum atomic E-state index is -1.10. The van der Waals surface area contributed by atoms with Crippen LogP contribution in [0.1, 0.15) is 50.5 Å². The third-order valence-corrected chi connectivity index (χ3v) is 3.35. The van der Waals surface area contributed by atoms with Gasteiger partial charge in [0.25, 0.3) is 0 Å². The zero-order valence-electron chi connectivity index (χ0n) is 11.0. The zero-order chi connectivity index (χ0) is 14.3. The summed E-state index contributed by atoms with van der Waals surface area (Å²) in [5.41, 5.74) is 0.00663. The molecule has 0 aliphatic rings. The van der Waals surface area contributed by atoms with Crippen LogP contribution in [0.2, 0.25) is 5.02 Å². The maximum absolute atomic E-state index is 13.7. The maximum Gasteiger partial charge on any atom is 0.154 e. The molecule has 0 heterocycles. The highest BCUT2D eigenvalue weighted by molar-refractivity contribution is 6.31. The molecular formula is C15H17ClFNO. The van der Waals surface area contributed by atoms with Crippen molar-refractivity contribution >= 4 is 17.4 Å². The smallest absolute Gasteiger partial charge is 0.154 e. The Morgan fingerprint density at radius 1 is 1.42 bits per heavy atom. The van der Waals surface area contributed by atoms with Crippen LogP contribution < -0.4 is 0 Å². The number of carbonyl (C=O) groups excluding carboxylic acids is 1. The standard InChI is InChI=1S/C15H17ClFNO/c1-2-3-4-5-9-14(19)11(10-18)15-12(16)7-6-8-13(15)17/h6-8,11H,2-5,9H2,1H3. The fourth-order valence-corrected chi connectivity index (χ4v) is 2.23. The van der Waals surface area contributed by atoms with Crippen molar-refractivity contribution in [2.24, 2.45) is 0 Å². The van der Waals surface area contributed by atoms with Gasteiger partial charge in [-0.2, -0.15) is 5.26 Å². The summed E-state index contributed by atoms with van der Waals surface area (Å²) in [5, 5.41) is 9.24. The minimum absolute atomic E-state index is 0.00663. The summed E-state index contributed by atoms with van der Waals surface area (Å²) in [6.07, 6.45) is 4.12. The molecule has 0 saturated carbocycles. The topological polar surface area (TPSA) is 40.9 Å². The number of halogens is 2. The first-order valence-corrected chi connectivity index (χ1v) is 6.85. The third kappa shape index (κ3) is 4.33. The molecule has 1 rings (SSSR count). The summed E-state index contributed by atoms with van der Waals surface area (Å²) >= 11 is 5.89. The molecule has 0 N–H and O–H groups in total. The average Bonchev–Trinajstić information content (AvgIpc) is 2.39. The molecule has 1 unspecified atom stereocenters. The van der Waals surface area contributed by atoms with Gasteiger partial charge in [0.05, 0.1) is 6.07 Å². The molecule has 19 heavy (non-hydrogen) atoms. The van der Waals surface area contributed by atoms with Crippen molar-refractivity contribution in [1.82, 2.24) is 0 Å². The molecular weight excluding hydrogens is 265 g/mol. The molecule has 1 atom stereocenters.